The molecular weight excluding hydrogens is 422 g/mol. The van der Waals surface area contributed by atoms with Crippen LogP contribution in [0.15, 0.2) is 35.2 Å². The minimum Gasteiger partial charge on any atom is -0.483 e. The number of piperidine rings is 2. The first kappa shape index (κ1) is 26.6. The van der Waals surface area contributed by atoms with Crippen molar-refractivity contribution in [1.29, 1.82) is 0 Å². The molecule has 3 N–H and O–H groups in total. The van der Waals surface area contributed by atoms with Gasteiger partial charge in [0.15, 0.2) is 0 Å². The van der Waals surface area contributed by atoms with Gasteiger partial charge in [-0.2, -0.15) is 4.31 Å². The van der Waals surface area contributed by atoms with Crippen LogP contribution in [-0.4, -0.2) is 61.8 Å². The number of benzene rings is 1. The van der Waals surface area contributed by atoms with Crippen LogP contribution in [0.1, 0.15) is 46.0 Å². The number of fused-ring (bicyclic) bond motifs is 3. The summed E-state index contributed by atoms with van der Waals surface area (Å²) in [6, 6.07) is 9.05. The lowest BCUT2D eigenvalue weighted by atomic mass is 9.82. The van der Waals surface area contributed by atoms with Gasteiger partial charge in [-0.25, -0.2) is 8.42 Å². The molecule has 2 saturated heterocycles. The van der Waals surface area contributed by atoms with Gasteiger partial charge in [-0.15, -0.1) is 0 Å². The molecule has 2 aliphatic heterocycles. The number of carbonyl (C=O) groups is 3. The molecule has 31 heavy (non-hydrogen) atoms. The van der Waals surface area contributed by atoms with Crippen molar-refractivity contribution < 1.29 is 27.9 Å². The standard InChI is InChI=1S/C13H17NO2S.C7H14N2O2.CH2O2/c15-17(16,13-4-2-1-3-5-13)14-10-11-6-8-12(14)9-7-11;1-3-7(11)8-4-6(2)9-5-10;2-1-3/h1-5,11-12H,6-10H2;5-6H,3-4H2,1-2H3,(H,8,11)(H,9,10);1H,(H,2,3). The van der Waals surface area contributed by atoms with Gasteiger partial charge in [-0.3, -0.25) is 14.4 Å². The van der Waals surface area contributed by atoms with Gasteiger partial charge in [0, 0.05) is 31.6 Å². The third-order valence-corrected chi connectivity index (χ3v) is 7.22. The maximum absolute atomic E-state index is 12.5. The van der Waals surface area contributed by atoms with E-state index < -0.39 is 10.0 Å². The highest BCUT2D eigenvalue weighted by Gasteiger charge is 2.40. The van der Waals surface area contributed by atoms with Crippen LogP contribution in [0.5, 0.6) is 0 Å². The number of rotatable bonds is 7. The maximum Gasteiger partial charge on any atom is 0.290 e. The van der Waals surface area contributed by atoms with Gasteiger partial charge >= 0.3 is 0 Å². The molecule has 3 aliphatic rings. The smallest absolute Gasteiger partial charge is 0.290 e. The molecule has 2 heterocycles. The van der Waals surface area contributed by atoms with Gasteiger partial charge < -0.3 is 15.7 Å². The fourth-order valence-electron chi connectivity index (χ4n) is 3.61. The number of nitrogens with one attached hydrogen (secondary N) is 2. The molecule has 1 aromatic carbocycles. The van der Waals surface area contributed by atoms with Gasteiger partial charge in [-0.05, 0) is 50.7 Å². The highest BCUT2D eigenvalue weighted by Crippen LogP contribution is 2.37. The van der Waals surface area contributed by atoms with Crippen molar-refractivity contribution in [2.24, 2.45) is 5.92 Å². The first-order valence-corrected chi connectivity index (χ1v) is 11.8. The fraction of sp³-hybridized carbons (Fsp3) is 0.571. The van der Waals surface area contributed by atoms with Gasteiger partial charge in [0.1, 0.15) is 0 Å². The molecule has 2 bridgehead atoms. The number of hydrogen-bond acceptors (Lipinski definition) is 5. The highest BCUT2D eigenvalue weighted by atomic mass is 32.2. The largest absolute Gasteiger partial charge is 0.483 e. The zero-order valence-corrected chi connectivity index (χ0v) is 18.9. The Labute approximate surface area is 184 Å². The SMILES string of the molecule is CCC(=O)NCC(C)NC=O.O=CO.O=S(=O)(c1ccccc1)N1CC2CCC1CC2. The van der Waals surface area contributed by atoms with Gasteiger partial charge in [-0.1, -0.05) is 25.1 Å². The molecular formula is C21H33N3O6S. The summed E-state index contributed by atoms with van der Waals surface area (Å²) < 4.78 is 26.7. The lowest BCUT2D eigenvalue weighted by molar-refractivity contribution is -0.123. The minimum atomic E-state index is -3.26. The zero-order valence-electron chi connectivity index (χ0n) is 18.1. The second kappa shape index (κ2) is 13.8. The lowest BCUT2D eigenvalue weighted by Gasteiger charge is -2.44. The number of carbonyl (C=O) groups excluding carboxylic acids is 2. The molecule has 1 atom stereocenters. The van der Waals surface area contributed by atoms with Crippen LogP contribution >= 0.6 is 0 Å². The Morgan fingerprint density at radius 3 is 2.23 bits per heavy atom. The number of hydrogen-bond donors (Lipinski definition) is 3. The minimum absolute atomic E-state index is 0.00278. The van der Waals surface area contributed by atoms with Crippen molar-refractivity contribution in [2.45, 2.75) is 62.9 Å². The third-order valence-electron chi connectivity index (χ3n) is 5.29. The summed E-state index contributed by atoms with van der Waals surface area (Å²) in [7, 11) is -3.26. The predicted molar refractivity (Wildman–Crippen MR) is 117 cm³/mol. The van der Waals surface area contributed by atoms with Crippen molar-refractivity contribution in [1.82, 2.24) is 14.9 Å². The summed E-state index contributed by atoms with van der Waals surface area (Å²) in [5, 5.41) is 12.1. The molecule has 10 heteroatoms. The number of amides is 2. The Morgan fingerprint density at radius 2 is 1.77 bits per heavy atom. The average molecular weight is 456 g/mol. The van der Waals surface area contributed by atoms with Crippen LogP contribution in [0.3, 0.4) is 0 Å². The van der Waals surface area contributed by atoms with Crippen LogP contribution in [0.2, 0.25) is 0 Å². The molecule has 3 fully saturated rings. The van der Waals surface area contributed by atoms with E-state index in [2.05, 4.69) is 10.6 Å². The van der Waals surface area contributed by atoms with E-state index in [1.54, 1.807) is 35.5 Å². The molecule has 0 aromatic heterocycles. The molecule has 9 nitrogen and oxygen atoms in total. The second-order valence-corrected chi connectivity index (χ2v) is 9.40. The van der Waals surface area contributed by atoms with Crippen LogP contribution in [-0.2, 0) is 24.4 Å². The average Bonchev–Trinajstić information content (AvgIpc) is 2.80. The number of carboxylic acid groups (broad SMARTS) is 1. The maximum atomic E-state index is 12.5. The molecule has 4 rings (SSSR count). The Bertz CT molecular complexity index is 780. The molecule has 2 amide bonds. The van der Waals surface area contributed by atoms with E-state index in [4.69, 9.17) is 9.90 Å². The van der Waals surface area contributed by atoms with E-state index in [-0.39, 0.29) is 24.5 Å². The van der Waals surface area contributed by atoms with Crippen molar-refractivity contribution >= 4 is 28.8 Å². The Morgan fingerprint density at radius 1 is 1.19 bits per heavy atom. The van der Waals surface area contributed by atoms with E-state index in [0.717, 1.165) is 19.4 Å². The Hall–Kier alpha value is -2.46. The van der Waals surface area contributed by atoms with Gasteiger partial charge in [0.2, 0.25) is 22.3 Å². The Balaban J connectivity index is 0.000000299. The van der Waals surface area contributed by atoms with Crippen molar-refractivity contribution in [3.63, 3.8) is 0 Å². The summed E-state index contributed by atoms with van der Waals surface area (Å²) in [5.74, 6) is 0.586. The van der Waals surface area contributed by atoms with Crippen molar-refractivity contribution in [3.8, 4) is 0 Å². The zero-order chi connectivity index (χ0) is 23.3. The number of sulfonamides is 1. The summed E-state index contributed by atoms with van der Waals surface area (Å²) >= 11 is 0. The summed E-state index contributed by atoms with van der Waals surface area (Å²) in [6.45, 7) is 4.57. The van der Waals surface area contributed by atoms with Gasteiger partial charge in [0.25, 0.3) is 6.47 Å². The molecule has 1 aliphatic carbocycles. The third kappa shape index (κ3) is 8.66. The van der Waals surface area contributed by atoms with E-state index in [0.29, 0.717) is 30.2 Å². The summed E-state index contributed by atoms with van der Waals surface area (Å²) in [4.78, 5) is 29.4. The quantitative estimate of drug-likeness (QED) is 0.535. The molecule has 0 spiro atoms. The lowest BCUT2D eigenvalue weighted by Crippen LogP contribution is -2.50. The predicted octanol–water partition coefficient (Wildman–Crippen LogP) is 1.60. The molecule has 1 saturated carbocycles. The highest BCUT2D eigenvalue weighted by molar-refractivity contribution is 7.89. The molecule has 0 radical (unpaired) electrons. The van der Waals surface area contributed by atoms with Crippen LogP contribution in [0.4, 0.5) is 0 Å². The first-order chi connectivity index (χ1) is 14.8. The molecule has 174 valence electrons. The van der Waals surface area contributed by atoms with E-state index in [1.807, 2.05) is 13.0 Å². The fourth-order valence-corrected chi connectivity index (χ4v) is 5.39. The Kier molecular flexibility index (Phi) is 11.8. The van der Waals surface area contributed by atoms with Crippen LogP contribution in [0, 0.1) is 5.92 Å². The van der Waals surface area contributed by atoms with E-state index in [1.165, 1.54) is 12.8 Å². The summed E-state index contributed by atoms with van der Waals surface area (Å²) in [5.41, 5.74) is 0. The molecule has 1 aromatic rings. The topological polar surface area (TPSA) is 133 Å². The number of nitrogens with zero attached hydrogens (tertiary/aromatic N) is 1. The second-order valence-electron chi connectivity index (χ2n) is 7.51. The van der Waals surface area contributed by atoms with Crippen molar-refractivity contribution in [2.75, 3.05) is 13.1 Å². The monoisotopic (exact) mass is 455 g/mol. The van der Waals surface area contributed by atoms with E-state index >= 15 is 0 Å². The van der Waals surface area contributed by atoms with Crippen molar-refractivity contribution in [3.05, 3.63) is 30.3 Å². The summed E-state index contributed by atoms with van der Waals surface area (Å²) in [6.07, 6.45) is 5.58. The van der Waals surface area contributed by atoms with Crippen LogP contribution in [0.25, 0.3) is 0 Å². The molecule has 1 unspecified atom stereocenters. The first-order valence-electron chi connectivity index (χ1n) is 10.4. The van der Waals surface area contributed by atoms with E-state index in [9.17, 15) is 18.0 Å². The van der Waals surface area contributed by atoms with Crippen LogP contribution < -0.4 is 10.6 Å². The van der Waals surface area contributed by atoms with Gasteiger partial charge in [0.05, 0.1) is 4.90 Å². The normalized spacial score (nSPS) is 20.7.